The van der Waals surface area contributed by atoms with Gasteiger partial charge in [-0.1, -0.05) is 39.3 Å². The number of halogens is 3. The average Bonchev–Trinajstić information content (AvgIpc) is 2.88. The van der Waals surface area contributed by atoms with E-state index in [1.165, 1.54) is 24.3 Å². The Morgan fingerprint density at radius 2 is 1.41 bits per heavy atom. The number of carboxylic acids is 1. The Kier molecular flexibility index (Phi) is 8.76. The maximum Gasteiger partial charge on any atom is 0.339 e. The normalized spacial score (nSPS) is 20.0. The van der Waals surface area contributed by atoms with Crippen molar-refractivity contribution in [3.8, 4) is 5.75 Å². The predicted molar refractivity (Wildman–Crippen MR) is 173 cm³/mol. The minimum atomic E-state index is -4.22. The summed E-state index contributed by atoms with van der Waals surface area (Å²) >= 11 is 12.9. The van der Waals surface area contributed by atoms with Gasteiger partial charge in [-0.25, -0.2) is 0 Å². The first-order valence-corrected chi connectivity index (χ1v) is 17.5. The summed E-state index contributed by atoms with van der Waals surface area (Å²) in [6.07, 6.45) is 1.49. The SMILES string of the molecule is CC1(C)CC(=O)C2=C(C1)N(CCC(=O)O)C1=C(C(=O)CC(C)(C)C1)C2c1cc(Br)c(OS(=O)(=O)c2ccc(Cl)cc2)c(Br)c1. The van der Waals surface area contributed by atoms with Crippen LogP contribution in [-0.4, -0.2) is 42.5 Å². The standard InChI is InChI=1S/C32H32Br2ClNO7S/c1-31(2)13-22-28(24(37)15-31)27(29-23(36(22)10-9-26(39)40)14-32(3,4)16-25(29)38)17-11-20(33)30(21(34)12-17)43-44(41,42)19-7-5-18(35)6-8-19/h5-8,11-12,27H,9-10,13-16H2,1-4H3,(H,39,40). The van der Waals surface area contributed by atoms with Gasteiger partial charge in [-0.2, -0.15) is 8.42 Å². The van der Waals surface area contributed by atoms with Crippen LogP contribution in [0.2, 0.25) is 5.02 Å². The van der Waals surface area contributed by atoms with Crippen molar-refractivity contribution in [2.75, 3.05) is 6.54 Å². The first-order chi connectivity index (χ1) is 20.4. The fourth-order valence-electron chi connectivity index (χ4n) is 6.44. The third kappa shape index (κ3) is 6.43. The van der Waals surface area contributed by atoms with E-state index in [4.69, 9.17) is 15.8 Å². The van der Waals surface area contributed by atoms with Gasteiger partial charge in [-0.3, -0.25) is 14.4 Å². The molecule has 2 aromatic carbocycles. The fourth-order valence-corrected chi connectivity index (χ4v) is 9.13. The van der Waals surface area contributed by atoms with E-state index in [0.29, 0.717) is 43.5 Å². The number of carbonyl (C=O) groups excluding carboxylic acids is 2. The maximum absolute atomic E-state index is 14.0. The molecule has 1 aliphatic heterocycles. The number of allylic oxidation sites excluding steroid dienone is 4. The van der Waals surface area contributed by atoms with Crippen LogP contribution in [0.3, 0.4) is 0 Å². The van der Waals surface area contributed by atoms with Crippen molar-refractivity contribution in [3.05, 3.63) is 78.5 Å². The van der Waals surface area contributed by atoms with Gasteiger partial charge in [-0.15, -0.1) is 0 Å². The molecule has 1 N–H and O–H groups in total. The lowest BCUT2D eigenvalue weighted by Crippen LogP contribution is -2.45. The van der Waals surface area contributed by atoms with E-state index < -0.39 is 22.0 Å². The van der Waals surface area contributed by atoms with Crippen LogP contribution >= 0.6 is 43.5 Å². The van der Waals surface area contributed by atoms with Crippen molar-refractivity contribution >= 4 is 71.1 Å². The Labute approximate surface area is 278 Å². The molecule has 0 radical (unpaired) electrons. The van der Waals surface area contributed by atoms with Crippen LogP contribution in [-0.2, 0) is 24.5 Å². The Hall–Kier alpha value is -2.47. The molecule has 0 bridgehead atoms. The molecule has 5 rings (SSSR count). The molecule has 8 nitrogen and oxygen atoms in total. The van der Waals surface area contributed by atoms with Crippen LogP contribution in [0, 0.1) is 10.8 Å². The number of benzene rings is 2. The zero-order chi connectivity index (χ0) is 32.4. The molecule has 0 atom stereocenters. The van der Waals surface area contributed by atoms with Crippen molar-refractivity contribution in [1.82, 2.24) is 4.90 Å². The first kappa shape index (κ1) is 32.9. The van der Waals surface area contributed by atoms with Crippen LogP contribution in [0.15, 0.2) is 72.8 Å². The molecular weight excluding hydrogens is 738 g/mol. The number of Topliss-reactive ketones (excluding diaryl/α,β-unsaturated/α-hetero) is 2. The topological polar surface area (TPSA) is 118 Å². The molecule has 44 heavy (non-hydrogen) atoms. The first-order valence-electron chi connectivity index (χ1n) is 14.1. The van der Waals surface area contributed by atoms with Crippen LogP contribution in [0.25, 0.3) is 0 Å². The number of ketones is 2. The number of hydrogen-bond donors (Lipinski definition) is 1. The Bertz CT molecular complexity index is 1680. The number of nitrogens with zero attached hydrogens (tertiary/aromatic N) is 1. The molecule has 0 aromatic heterocycles. The van der Waals surface area contributed by atoms with Gasteiger partial charge in [0.15, 0.2) is 17.3 Å². The summed E-state index contributed by atoms with van der Waals surface area (Å²) in [5, 5.41) is 9.95. The smallest absolute Gasteiger partial charge is 0.339 e. The van der Waals surface area contributed by atoms with Crippen LogP contribution in [0.4, 0.5) is 0 Å². The number of carbonyl (C=O) groups is 3. The monoisotopic (exact) mass is 767 g/mol. The van der Waals surface area contributed by atoms with Crippen molar-refractivity contribution in [2.24, 2.45) is 10.8 Å². The van der Waals surface area contributed by atoms with Gasteiger partial charge in [0.05, 0.1) is 15.4 Å². The van der Waals surface area contributed by atoms with Gasteiger partial charge in [0.25, 0.3) is 0 Å². The van der Waals surface area contributed by atoms with E-state index in [2.05, 4.69) is 31.9 Å². The second-order valence-electron chi connectivity index (χ2n) is 13.1. The second-order valence-corrected chi connectivity index (χ2v) is 16.8. The average molecular weight is 770 g/mol. The van der Waals surface area contributed by atoms with E-state index in [1.54, 1.807) is 12.1 Å². The van der Waals surface area contributed by atoms with Gasteiger partial charge in [-0.05, 0) is 97.5 Å². The highest BCUT2D eigenvalue weighted by atomic mass is 79.9. The molecule has 0 spiro atoms. The summed E-state index contributed by atoms with van der Waals surface area (Å²) in [7, 11) is -4.22. The van der Waals surface area contributed by atoms with Gasteiger partial charge >= 0.3 is 16.1 Å². The molecule has 0 unspecified atom stereocenters. The summed E-state index contributed by atoms with van der Waals surface area (Å²) < 4.78 is 32.3. The highest BCUT2D eigenvalue weighted by molar-refractivity contribution is 9.11. The summed E-state index contributed by atoms with van der Waals surface area (Å²) in [5.74, 6) is -1.84. The number of hydrogen-bond acceptors (Lipinski definition) is 7. The van der Waals surface area contributed by atoms with E-state index in [9.17, 15) is 27.9 Å². The Morgan fingerprint density at radius 3 is 1.86 bits per heavy atom. The molecule has 0 saturated carbocycles. The van der Waals surface area contributed by atoms with Crippen LogP contribution < -0.4 is 4.18 Å². The quantitative estimate of drug-likeness (QED) is 0.284. The lowest BCUT2D eigenvalue weighted by molar-refractivity contribution is -0.137. The van der Waals surface area contributed by atoms with E-state index in [0.717, 1.165) is 11.4 Å². The highest BCUT2D eigenvalue weighted by Gasteiger charge is 2.49. The summed E-state index contributed by atoms with van der Waals surface area (Å²) in [4.78, 5) is 41.4. The van der Waals surface area contributed by atoms with Crippen molar-refractivity contribution < 1.29 is 32.1 Å². The van der Waals surface area contributed by atoms with E-state index in [-0.39, 0.29) is 58.8 Å². The van der Waals surface area contributed by atoms with E-state index in [1.807, 2.05) is 32.6 Å². The number of carboxylic acid groups (broad SMARTS) is 1. The molecule has 2 aliphatic carbocycles. The maximum atomic E-state index is 14.0. The molecule has 2 aromatic rings. The molecule has 3 aliphatic rings. The second kappa shape index (κ2) is 11.7. The number of aliphatic carboxylic acids is 1. The molecule has 12 heteroatoms. The fraction of sp³-hybridized carbons (Fsp3) is 0.406. The Morgan fingerprint density at radius 1 is 0.932 bits per heavy atom. The highest BCUT2D eigenvalue weighted by Crippen LogP contribution is 2.55. The zero-order valence-corrected chi connectivity index (χ0v) is 29.4. The predicted octanol–water partition coefficient (Wildman–Crippen LogP) is 7.79. The van der Waals surface area contributed by atoms with Gasteiger partial charge < -0.3 is 14.2 Å². The van der Waals surface area contributed by atoms with E-state index >= 15 is 0 Å². The van der Waals surface area contributed by atoms with Crippen molar-refractivity contribution in [1.29, 1.82) is 0 Å². The summed E-state index contributed by atoms with van der Waals surface area (Å²) in [6, 6.07) is 8.97. The molecule has 234 valence electrons. The Balaban J connectivity index is 1.67. The molecule has 1 heterocycles. The molecular formula is C32H32Br2ClNO7S. The summed E-state index contributed by atoms with van der Waals surface area (Å²) in [5.41, 5.74) is 2.37. The third-order valence-electron chi connectivity index (χ3n) is 8.22. The third-order valence-corrected chi connectivity index (χ3v) is 10.9. The number of rotatable bonds is 7. The van der Waals surface area contributed by atoms with Crippen LogP contribution in [0.1, 0.15) is 71.3 Å². The minimum absolute atomic E-state index is 0.0122. The van der Waals surface area contributed by atoms with Crippen molar-refractivity contribution in [2.45, 2.75) is 70.6 Å². The van der Waals surface area contributed by atoms with Gasteiger partial charge in [0.1, 0.15) is 4.90 Å². The molecule has 0 saturated heterocycles. The minimum Gasteiger partial charge on any atom is -0.481 e. The van der Waals surface area contributed by atoms with Gasteiger partial charge in [0.2, 0.25) is 0 Å². The van der Waals surface area contributed by atoms with Crippen LogP contribution in [0.5, 0.6) is 5.75 Å². The molecule has 0 amide bonds. The lowest BCUT2D eigenvalue weighted by atomic mass is 9.63. The van der Waals surface area contributed by atoms with Crippen molar-refractivity contribution in [3.63, 3.8) is 0 Å². The zero-order valence-electron chi connectivity index (χ0n) is 24.7. The largest absolute Gasteiger partial charge is 0.481 e. The van der Waals surface area contributed by atoms with Gasteiger partial charge in [0, 0.05) is 52.9 Å². The lowest BCUT2D eigenvalue weighted by Gasteiger charge is -2.49. The summed E-state index contributed by atoms with van der Waals surface area (Å²) in [6.45, 7) is 8.20. The molecule has 0 fully saturated rings.